The minimum absolute atomic E-state index is 0.221. The summed E-state index contributed by atoms with van der Waals surface area (Å²) in [5.41, 5.74) is 0.318. The zero-order chi connectivity index (χ0) is 12.3. The van der Waals surface area contributed by atoms with Crippen LogP contribution in [0.2, 0.25) is 0 Å². The third-order valence-electron chi connectivity index (χ3n) is 2.94. The summed E-state index contributed by atoms with van der Waals surface area (Å²) < 4.78 is 24.7. The molecule has 0 saturated carbocycles. The van der Waals surface area contributed by atoms with Gasteiger partial charge in [-0.2, -0.15) is 0 Å². The van der Waals surface area contributed by atoms with Gasteiger partial charge in [-0.3, -0.25) is 0 Å². The number of benzene rings is 1. The van der Waals surface area contributed by atoms with Crippen LogP contribution in [0.5, 0.6) is 5.75 Å². The highest BCUT2D eigenvalue weighted by molar-refractivity contribution is 9.10. The van der Waals surface area contributed by atoms with Crippen molar-refractivity contribution in [2.45, 2.75) is 25.9 Å². The first-order valence-corrected chi connectivity index (χ1v) is 5.86. The van der Waals surface area contributed by atoms with Gasteiger partial charge in [0.15, 0.2) is 11.6 Å². The van der Waals surface area contributed by atoms with Crippen LogP contribution in [0, 0.1) is 5.82 Å². The molecule has 90 valence electrons. The van der Waals surface area contributed by atoms with E-state index in [1.807, 2.05) is 19.9 Å². The van der Waals surface area contributed by atoms with Crippen molar-refractivity contribution in [3.63, 3.8) is 0 Å². The highest BCUT2D eigenvalue weighted by atomic mass is 79.9. The smallest absolute Gasteiger partial charge is 0.168 e. The monoisotopic (exact) mass is 290 g/mol. The normalized spacial score (nSPS) is 14.6. The molecule has 1 unspecified atom stereocenters. The van der Waals surface area contributed by atoms with Crippen molar-refractivity contribution in [3.8, 4) is 5.75 Å². The molecule has 4 heteroatoms. The molecule has 0 saturated heterocycles. The molecule has 2 nitrogen and oxygen atoms in total. The van der Waals surface area contributed by atoms with E-state index in [1.54, 1.807) is 7.11 Å². The number of methoxy groups -OCH3 is 2. The van der Waals surface area contributed by atoms with Crippen molar-refractivity contribution >= 4 is 15.9 Å². The second-order valence-electron chi connectivity index (χ2n) is 3.76. The summed E-state index contributed by atoms with van der Waals surface area (Å²) in [5, 5.41) is 0. The Morgan fingerprint density at radius 2 is 2.00 bits per heavy atom. The molecule has 0 radical (unpaired) electrons. The lowest BCUT2D eigenvalue weighted by atomic mass is 9.93. The molecule has 0 aliphatic rings. The Morgan fingerprint density at radius 1 is 1.38 bits per heavy atom. The van der Waals surface area contributed by atoms with Crippen molar-refractivity contribution in [1.82, 2.24) is 0 Å². The first kappa shape index (κ1) is 13.5. The molecule has 1 aromatic carbocycles. The Hall–Kier alpha value is -0.610. The SMILES string of the molecule is CCC(C)(OC)c1cc(F)c(OC)c(Br)c1. The number of halogens is 2. The van der Waals surface area contributed by atoms with Gasteiger partial charge in [0.05, 0.1) is 17.2 Å². The van der Waals surface area contributed by atoms with Crippen LogP contribution < -0.4 is 4.74 Å². The molecule has 0 amide bonds. The van der Waals surface area contributed by atoms with Gasteiger partial charge < -0.3 is 9.47 Å². The van der Waals surface area contributed by atoms with E-state index in [4.69, 9.17) is 9.47 Å². The third-order valence-corrected chi connectivity index (χ3v) is 3.53. The number of hydrogen-bond donors (Lipinski definition) is 0. The van der Waals surface area contributed by atoms with Gasteiger partial charge in [-0.25, -0.2) is 4.39 Å². The summed E-state index contributed by atoms with van der Waals surface area (Å²) in [7, 11) is 3.07. The average Bonchev–Trinajstić information content (AvgIpc) is 2.27. The summed E-state index contributed by atoms with van der Waals surface area (Å²) in [6.07, 6.45) is 0.766. The maximum absolute atomic E-state index is 13.7. The van der Waals surface area contributed by atoms with Gasteiger partial charge in [0, 0.05) is 7.11 Å². The van der Waals surface area contributed by atoms with Crippen LogP contribution in [0.25, 0.3) is 0 Å². The number of hydrogen-bond acceptors (Lipinski definition) is 2. The summed E-state index contributed by atoms with van der Waals surface area (Å²) in [6.45, 7) is 3.93. The van der Waals surface area contributed by atoms with Gasteiger partial charge in [-0.1, -0.05) is 6.92 Å². The zero-order valence-electron chi connectivity index (χ0n) is 9.93. The summed E-state index contributed by atoms with van der Waals surface area (Å²) in [4.78, 5) is 0. The van der Waals surface area contributed by atoms with E-state index in [-0.39, 0.29) is 11.6 Å². The first-order valence-electron chi connectivity index (χ1n) is 5.07. The van der Waals surface area contributed by atoms with E-state index in [1.165, 1.54) is 13.2 Å². The number of rotatable bonds is 4. The standard InChI is InChI=1S/C12H16BrFO2/c1-5-12(2,16-4)8-6-9(13)11(15-3)10(14)7-8/h6-7H,5H2,1-4H3. The topological polar surface area (TPSA) is 18.5 Å². The van der Waals surface area contributed by atoms with Gasteiger partial charge in [-0.05, 0) is 47.0 Å². The molecule has 1 aromatic rings. The van der Waals surface area contributed by atoms with Gasteiger partial charge in [-0.15, -0.1) is 0 Å². The number of ether oxygens (including phenoxy) is 2. The largest absolute Gasteiger partial charge is 0.492 e. The van der Waals surface area contributed by atoms with Crippen molar-refractivity contribution in [2.75, 3.05) is 14.2 Å². The Morgan fingerprint density at radius 3 is 2.38 bits per heavy atom. The quantitative estimate of drug-likeness (QED) is 0.838. The minimum Gasteiger partial charge on any atom is -0.492 e. The van der Waals surface area contributed by atoms with Gasteiger partial charge in [0.25, 0.3) is 0 Å². The second-order valence-corrected chi connectivity index (χ2v) is 4.62. The second kappa shape index (κ2) is 5.15. The zero-order valence-corrected chi connectivity index (χ0v) is 11.5. The van der Waals surface area contributed by atoms with Crippen LogP contribution in [0.1, 0.15) is 25.8 Å². The lowest BCUT2D eigenvalue weighted by Crippen LogP contribution is -2.23. The van der Waals surface area contributed by atoms with Crippen molar-refractivity contribution in [3.05, 3.63) is 28.0 Å². The average molecular weight is 291 g/mol. The molecule has 1 rings (SSSR count). The van der Waals surface area contributed by atoms with Crippen LogP contribution >= 0.6 is 15.9 Å². The van der Waals surface area contributed by atoms with E-state index in [0.29, 0.717) is 4.47 Å². The minimum atomic E-state index is -0.477. The molecular formula is C12H16BrFO2. The molecule has 0 heterocycles. The molecule has 0 bridgehead atoms. The van der Waals surface area contributed by atoms with Crippen LogP contribution in [0.3, 0.4) is 0 Å². The molecule has 0 fully saturated rings. The molecule has 0 spiro atoms. The molecule has 0 aliphatic heterocycles. The predicted molar refractivity (Wildman–Crippen MR) is 65.3 cm³/mol. The lowest BCUT2D eigenvalue weighted by molar-refractivity contribution is -0.00173. The van der Waals surface area contributed by atoms with Crippen LogP contribution in [0.4, 0.5) is 4.39 Å². The fraction of sp³-hybridized carbons (Fsp3) is 0.500. The molecule has 0 N–H and O–H groups in total. The van der Waals surface area contributed by atoms with Crippen molar-refractivity contribution in [1.29, 1.82) is 0 Å². The first-order chi connectivity index (χ1) is 7.48. The van der Waals surface area contributed by atoms with Crippen molar-refractivity contribution < 1.29 is 13.9 Å². The molecule has 1 atom stereocenters. The summed E-state index contributed by atoms with van der Waals surface area (Å²) >= 11 is 3.29. The Kier molecular flexibility index (Phi) is 4.33. The van der Waals surface area contributed by atoms with E-state index in [2.05, 4.69) is 15.9 Å². The fourth-order valence-corrected chi connectivity index (χ4v) is 2.12. The molecular weight excluding hydrogens is 275 g/mol. The summed E-state index contributed by atoms with van der Waals surface area (Å²) in [6, 6.07) is 3.28. The highest BCUT2D eigenvalue weighted by Crippen LogP contribution is 2.36. The Balaban J connectivity index is 3.27. The van der Waals surface area contributed by atoms with Crippen LogP contribution in [-0.4, -0.2) is 14.2 Å². The fourth-order valence-electron chi connectivity index (χ4n) is 1.53. The van der Waals surface area contributed by atoms with E-state index < -0.39 is 5.60 Å². The molecule has 0 aromatic heterocycles. The van der Waals surface area contributed by atoms with Crippen LogP contribution in [0.15, 0.2) is 16.6 Å². The maximum atomic E-state index is 13.7. The van der Waals surface area contributed by atoms with Gasteiger partial charge >= 0.3 is 0 Å². The molecule has 16 heavy (non-hydrogen) atoms. The highest BCUT2D eigenvalue weighted by Gasteiger charge is 2.26. The van der Waals surface area contributed by atoms with Gasteiger partial charge in [0.2, 0.25) is 0 Å². The Bertz CT molecular complexity index is 352. The van der Waals surface area contributed by atoms with E-state index in [9.17, 15) is 4.39 Å². The maximum Gasteiger partial charge on any atom is 0.168 e. The molecule has 0 aliphatic carbocycles. The van der Waals surface area contributed by atoms with Crippen molar-refractivity contribution in [2.24, 2.45) is 0 Å². The van der Waals surface area contributed by atoms with E-state index >= 15 is 0 Å². The third kappa shape index (κ3) is 2.38. The lowest BCUT2D eigenvalue weighted by Gasteiger charge is -2.27. The van der Waals surface area contributed by atoms with Crippen LogP contribution in [-0.2, 0) is 10.3 Å². The predicted octanol–water partition coefficient (Wildman–Crippen LogP) is 3.87. The van der Waals surface area contributed by atoms with Gasteiger partial charge in [0.1, 0.15) is 0 Å². The Labute approximate surface area is 104 Å². The summed E-state index contributed by atoms with van der Waals surface area (Å²) in [5.74, 6) is -0.165. The van der Waals surface area contributed by atoms with E-state index in [0.717, 1.165) is 12.0 Å².